The van der Waals surface area contributed by atoms with E-state index in [0.29, 0.717) is 37.5 Å². The molecule has 0 aliphatic carbocycles. The van der Waals surface area contributed by atoms with Crippen LogP contribution in [0.2, 0.25) is 5.02 Å². The van der Waals surface area contributed by atoms with Gasteiger partial charge in [0.05, 0.1) is 12.0 Å². The van der Waals surface area contributed by atoms with Crippen LogP contribution in [-0.4, -0.2) is 45.4 Å². The van der Waals surface area contributed by atoms with Gasteiger partial charge in [-0.25, -0.2) is 8.42 Å². The van der Waals surface area contributed by atoms with E-state index in [1.807, 2.05) is 23.1 Å². The second kappa shape index (κ2) is 8.57. The fourth-order valence-electron chi connectivity index (χ4n) is 4.25. The summed E-state index contributed by atoms with van der Waals surface area (Å²) in [6, 6.07) is 12.0. The lowest BCUT2D eigenvalue weighted by Gasteiger charge is -2.36. The van der Waals surface area contributed by atoms with E-state index in [4.69, 9.17) is 16.3 Å². The quantitative estimate of drug-likeness (QED) is 0.714. The Kier molecular flexibility index (Phi) is 6.04. The summed E-state index contributed by atoms with van der Waals surface area (Å²) in [5, 5.41) is 0.498. The number of piperidine rings is 1. The van der Waals surface area contributed by atoms with Crippen molar-refractivity contribution in [1.29, 1.82) is 0 Å². The van der Waals surface area contributed by atoms with Crippen LogP contribution >= 0.6 is 11.6 Å². The second-order valence-corrected chi connectivity index (χ2v) is 10.1. The Hall–Kier alpha value is -2.09. The van der Waals surface area contributed by atoms with Gasteiger partial charge in [0.1, 0.15) is 5.75 Å². The molecule has 2 aliphatic heterocycles. The first-order valence-corrected chi connectivity index (χ1v) is 12.0. The van der Waals surface area contributed by atoms with Crippen LogP contribution in [0.15, 0.2) is 47.4 Å². The van der Waals surface area contributed by atoms with Crippen LogP contribution in [0, 0.1) is 5.92 Å². The smallest absolute Gasteiger partial charge is 0.243 e. The van der Waals surface area contributed by atoms with Crippen molar-refractivity contribution in [3.63, 3.8) is 0 Å². The summed E-state index contributed by atoms with van der Waals surface area (Å²) in [7, 11) is -1.94. The molecule has 2 heterocycles. The normalized spacial score (nSPS) is 18.1. The number of aryl methyl sites for hydroxylation is 1. The number of hydrogen-bond donors (Lipinski definition) is 0. The number of nitrogens with zero attached hydrogens (tertiary/aromatic N) is 2. The predicted octanol–water partition coefficient (Wildman–Crippen LogP) is 3.73. The molecule has 1 saturated heterocycles. The minimum atomic E-state index is -3.57. The van der Waals surface area contributed by atoms with Gasteiger partial charge in [-0.05, 0) is 73.7 Å². The average molecular weight is 449 g/mol. The highest BCUT2D eigenvalue weighted by Gasteiger charge is 2.35. The maximum absolute atomic E-state index is 13.2. The lowest BCUT2D eigenvalue weighted by atomic mass is 9.94. The number of halogens is 1. The molecule has 1 fully saturated rings. The number of carbonyl (C=O) groups is 1. The van der Waals surface area contributed by atoms with E-state index in [1.165, 1.54) is 16.4 Å². The average Bonchev–Trinajstić information content (AvgIpc) is 2.78. The first-order chi connectivity index (χ1) is 14.4. The van der Waals surface area contributed by atoms with Gasteiger partial charge in [-0.1, -0.05) is 11.6 Å². The monoisotopic (exact) mass is 448 g/mol. The number of fused-ring (bicyclic) bond motifs is 1. The van der Waals surface area contributed by atoms with Gasteiger partial charge < -0.3 is 9.64 Å². The van der Waals surface area contributed by atoms with Gasteiger partial charge in [0.25, 0.3) is 0 Å². The van der Waals surface area contributed by atoms with Crippen LogP contribution in [0.4, 0.5) is 5.69 Å². The molecule has 160 valence electrons. The number of amides is 1. The minimum absolute atomic E-state index is 0.0876. The molecule has 4 rings (SSSR count). The number of hydrogen-bond acceptors (Lipinski definition) is 4. The first-order valence-electron chi connectivity index (χ1n) is 10.1. The van der Waals surface area contributed by atoms with E-state index in [9.17, 15) is 13.2 Å². The second-order valence-electron chi connectivity index (χ2n) is 7.72. The Balaban J connectivity index is 1.45. The van der Waals surface area contributed by atoms with Gasteiger partial charge in [-0.3, -0.25) is 4.79 Å². The van der Waals surface area contributed by atoms with Gasteiger partial charge in [-0.2, -0.15) is 4.31 Å². The largest absolute Gasteiger partial charge is 0.497 e. The van der Waals surface area contributed by atoms with E-state index < -0.39 is 10.0 Å². The summed E-state index contributed by atoms with van der Waals surface area (Å²) in [6.45, 7) is 1.37. The SMILES string of the molecule is COc1ccc2c(c1)CCCN2C(=O)C1CCN(S(=O)(=O)c2ccc(Cl)cc2)CC1. The molecule has 0 radical (unpaired) electrons. The molecule has 0 N–H and O–H groups in total. The highest BCUT2D eigenvalue weighted by molar-refractivity contribution is 7.89. The van der Waals surface area contributed by atoms with Crippen LogP contribution in [0.1, 0.15) is 24.8 Å². The van der Waals surface area contributed by atoms with Crippen LogP contribution in [0.25, 0.3) is 0 Å². The molecule has 0 aromatic heterocycles. The Morgan fingerprint density at radius 2 is 1.77 bits per heavy atom. The molecule has 0 spiro atoms. The standard InChI is InChI=1S/C22H25ClN2O4S/c1-29-19-6-9-21-17(15-19)3-2-12-25(21)22(26)16-10-13-24(14-11-16)30(27,28)20-7-4-18(23)5-8-20/h4-9,15-16H,2-3,10-14H2,1H3. The number of methoxy groups -OCH3 is 1. The van der Waals surface area contributed by atoms with Crippen molar-refractivity contribution in [2.45, 2.75) is 30.6 Å². The molecule has 6 nitrogen and oxygen atoms in total. The molecule has 30 heavy (non-hydrogen) atoms. The molecule has 0 unspecified atom stereocenters. The lowest BCUT2D eigenvalue weighted by molar-refractivity contribution is -0.123. The third-order valence-electron chi connectivity index (χ3n) is 5.93. The Bertz CT molecular complexity index is 1030. The summed E-state index contributed by atoms with van der Waals surface area (Å²) in [4.78, 5) is 15.3. The van der Waals surface area contributed by atoms with E-state index in [1.54, 1.807) is 19.2 Å². The highest BCUT2D eigenvalue weighted by Crippen LogP contribution is 2.33. The molecule has 8 heteroatoms. The van der Waals surface area contributed by atoms with Crippen molar-refractivity contribution >= 4 is 33.2 Å². The maximum atomic E-state index is 13.2. The molecule has 2 aliphatic rings. The fraction of sp³-hybridized carbons (Fsp3) is 0.409. The third kappa shape index (κ3) is 4.06. The van der Waals surface area contributed by atoms with Crippen molar-refractivity contribution in [1.82, 2.24) is 4.31 Å². The van der Waals surface area contributed by atoms with Crippen molar-refractivity contribution in [3.05, 3.63) is 53.1 Å². The number of sulfonamides is 1. The van der Waals surface area contributed by atoms with Gasteiger partial charge in [0.2, 0.25) is 15.9 Å². The molecule has 2 aromatic carbocycles. The Morgan fingerprint density at radius 1 is 1.07 bits per heavy atom. The summed E-state index contributed by atoms with van der Waals surface area (Å²) in [6.07, 6.45) is 2.88. The molecule has 1 amide bonds. The minimum Gasteiger partial charge on any atom is -0.497 e. The van der Waals surface area contributed by atoms with Gasteiger partial charge >= 0.3 is 0 Å². The molecule has 0 atom stereocenters. The van der Waals surface area contributed by atoms with E-state index in [-0.39, 0.29) is 16.7 Å². The molecular formula is C22H25ClN2O4S. The van der Waals surface area contributed by atoms with Crippen LogP contribution in [-0.2, 0) is 21.2 Å². The van der Waals surface area contributed by atoms with Gasteiger partial charge in [0, 0.05) is 36.3 Å². The van der Waals surface area contributed by atoms with E-state index in [0.717, 1.165) is 29.8 Å². The number of ether oxygens (including phenoxy) is 1. The first kappa shape index (κ1) is 21.2. The maximum Gasteiger partial charge on any atom is 0.243 e. The summed E-state index contributed by atoms with van der Waals surface area (Å²) in [5.41, 5.74) is 2.07. The molecular weight excluding hydrogens is 424 g/mol. The van der Waals surface area contributed by atoms with Crippen LogP contribution in [0.5, 0.6) is 5.75 Å². The topological polar surface area (TPSA) is 66.9 Å². The number of rotatable bonds is 4. The van der Waals surface area contributed by atoms with Gasteiger partial charge in [-0.15, -0.1) is 0 Å². The zero-order chi connectivity index (χ0) is 21.3. The Labute approximate surface area is 182 Å². The predicted molar refractivity (Wildman–Crippen MR) is 117 cm³/mol. The van der Waals surface area contributed by atoms with Crippen molar-refractivity contribution in [3.8, 4) is 5.75 Å². The van der Waals surface area contributed by atoms with Crippen LogP contribution in [0.3, 0.4) is 0 Å². The van der Waals surface area contributed by atoms with Crippen molar-refractivity contribution in [2.24, 2.45) is 5.92 Å². The summed E-state index contributed by atoms with van der Waals surface area (Å²) < 4.78 is 32.5. The van der Waals surface area contributed by atoms with Crippen molar-refractivity contribution in [2.75, 3.05) is 31.6 Å². The van der Waals surface area contributed by atoms with Crippen molar-refractivity contribution < 1.29 is 17.9 Å². The zero-order valence-electron chi connectivity index (χ0n) is 16.9. The summed E-state index contributed by atoms with van der Waals surface area (Å²) in [5.74, 6) is 0.711. The third-order valence-corrected chi connectivity index (χ3v) is 8.09. The molecule has 0 saturated carbocycles. The lowest BCUT2D eigenvalue weighted by Crippen LogP contribution is -2.45. The number of carbonyl (C=O) groups excluding carboxylic acids is 1. The molecule has 2 aromatic rings. The number of benzene rings is 2. The van der Waals surface area contributed by atoms with E-state index >= 15 is 0 Å². The fourth-order valence-corrected chi connectivity index (χ4v) is 5.84. The molecule has 0 bridgehead atoms. The van der Waals surface area contributed by atoms with E-state index in [2.05, 4.69) is 0 Å². The van der Waals surface area contributed by atoms with Gasteiger partial charge in [0.15, 0.2) is 0 Å². The zero-order valence-corrected chi connectivity index (χ0v) is 18.5. The Morgan fingerprint density at radius 3 is 2.43 bits per heavy atom. The summed E-state index contributed by atoms with van der Waals surface area (Å²) >= 11 is 5.87. The highest BCUT2D eigenvalue weighted by atomic mass is 35.5. The van der Waals surface area contributed by atoms with Crippen LogP contribution < -0.4 is 9.64 Å². The number of anilines is 1.